The first kappa shape index (κ1) is 23.4. The molecule has 4 nitrogen and oxygen atoms in total. The average Bonchev–Trinajstić information content (AvgIpc) is 2.45. The molecular formula is C20H41NO3. The van der Waals surface area contributed by atoms with Crippen molar-refractivity contribution in [2.45, 2.75) is 105 Å². The van der Waals surface area contributed by atoms with Crippen molar-refractivity contribution in [2.24, 2.45) is 5.92 Å². The van der Waals surface area contributed by atoms with Gasteiger partial charge in [0.05, 0.1) is 23.9 Å². The van der Waals surface area contributed by atoms with Gasteiger partial charge < -0.3 is 14.8 Å². The molecular weight excluding hydrogens is 302 g/mol. The van der Waals surface area contributed by atoms with Crippen molar-refractivity contribution in [3.63, 3.8) is 0 Å². The standard InChI is InChI=1S/C20H41NO3/c1-9-11-12-17(10-2)18(22)21-19(5,6)15-24-20(7,8)13-14-23-16(3)4/h16-17H,9-15H2,1-8H3,(H,21,22). The van der Waals surface area contributed by atoms with Crippen molar-refractivity contribution in [3.05, 3.63) is 0 Å². The molecule has 0 saturated heterocycles. The quantitative estimate of drug-likeness (QED) is 0.527. The minimum Gasteiger partial charge on any atom is -0.379 e. The fourth-order valence-electron chi connectivity index (χ4n) is 2.43. The summed E-state index contributed by atoms with van der Waals surface area (Å²) in [6.07, 6.45) is 5.16. The van der Waals surface area contributed by atoms with Gasteiger partial charge in [0.1, 0.15) is 0 Å². The molecule has 0 rings (SSSR count). The van der Waals surface area contributed by atoms with Crippen molar-refractivity contribution in [1.29, 1.82) is 0 Å². The summed E-state index contributed by atoms with van der Waals surface area (Å²) >= 11 is 0. The van der Waals surface area contributed by atoms with Crippen molar-refractivity contribution in [3.8, 4) is 0 Å². The van der Waals surface area contributed by atoms with Crippen LogP contribution in [0.2, 0.25) is 0 Å². The molecule has 1 N–H and O–H groups in total. The number of hydrogen-bond acceptors (Lipinski definition) is 3. The minimum absolute atomic E-state index is 0.108. The van der Waals surface area contributed by atoms with Crippen LogP contribution in [-0.4, -0.2) is 36.4 Å². The second-order valence-electron chi connectivity index (χ2n) is 8.34. The molecule has 144 valence electrons. The number of ether oxygens (including phenoxy) is 2. The molecule has 0 fully saturated rings. The lowest BCUT2D eigenvalue weighted by molar-refractivity contribution is -0.129. The second-order valence-corrected chi connectivity index (χ2v) is 8.34. The summed E-state index contributed by atoms with van der Waals surface area (Å²) in [5.41, 5.74) is -0.629. The van der Waals surface area contributed by atoms with Crippen LogP contribution in [0, 0.1) is 5.92 Å². The zero-order valence-electron chi connectivity index (χ0n) is 17.3. The van der Waals surface area contributed by atoms with Crippen LogP contribution in [-0.2, 0) is 14.3 Å². The lowest BCUT2D eigenvalue weighted by Crippen LogP contribution is -2.50. The topological polar surface area (TPSA) is 47.6 Å². The molecule has 1 unspecified atom stereocenters. The normalized spacial score (nSPS) is 14.0. The van der Waals surface area contributed by atoms with Crippen LogP contribution in [0.25, 0.3) is 0 Å². The molecule has 0 aliphatic rings. The monoisotopic (exact) mass is 343 g/mol. The Morgan fingerprint density at radius 1 is 1.12 bits per heavy atom. The number of carbonyl (C=O) groups excluding carboxylic acids is 1. The van der Waals surface area contributed by atoms with Gasteiger partial charge in [-0.15, -0.1) is 0 Å². The first-order valence-electron chi connectivity index (χ1n) is 9.60. The van der Waals surface area contributed by atoms with Crippen molar-refractivity contribution in [1.82, 2.24) is 5.32 Å². The molecule has 0 aromatic carbocycles. The fourth-order valence-corrected chi connectivity index (χ4v) is 2.43. The number of hydrogen-bond donors (Lipinski definition) is 1. The molecule has 4 heteroatoms. The van der Waals surface area contributed by atoms with Gasteiger partial charge in [0.25, 0.3) is 0 Å². The van der Waals surface area contributed by atoms with Crippen molar-refractivity contribution >= 4 is 5.91 Å². The Labute approximate surface area is 150 Å². The van der Waals surface area contributed by atoms with Gasteiger partial charge >= 0.3 is 0 Å². The fraction of sp³-hybridized carbons (Fsp3) is 0.950. The zero-order valence-corrected chi connectivity index (χ0v) is 17.3. The van der Waals surface area contributed by atoms with Crippen LogP contribution in [0.3, 0.4) is 0 Å². The van der Waals surface area contributed by atoms with E-state index in [0.29, 0.717) is 13.2 Å². The number of carbonyl (C=O) groups is 1. The maximum absolute atomic E-state index is 12.5. The average molecular weight is 344 g/mol. The van der Waals surface area contributed by atoms with Gasteiger partial charge in [0.2, 0.25) is 5.91 Å². The molecule has 1 atom stereocenters. The Bertz CT molecular complexity index is 351. The van der Waals surface area contributed by atoms with E-state index < -0.39 is 0 Å². The van der Waals surface area contributed by atoms with Gasteiger partial charge in [-0.1, -0.05) is 26.7 Å². The van der Waals surface area contributed by atoms with E-state index >= 15 is 0 Å². The van der Waals surface area contributed by atoms with Gasteiger partial charge in [-0.2, -0.15) is 0 Å². The predicted octanol–water partition coefficient (Wildman–Crippen LogP) is 4.71. The summed E-state index contributed by atoms with van der Waals surface area (Å²) in [6.45, 7) is 17.7. The highest BCUT2D eigenvalue weighted by Crippen LogP contribution is 2.19. The van der Waals surface area contributed by atoms with E-state index in [4.69, 9.17) is 9.47 Å². The van der Waals surface area contributed by atoms with E-state index in [0.717, 1.165) is 32.1 Å². The van der Waals surface area contributed by atoms with Crippen LogP contribution < -0.4 is 5.32 Å². The van der Waals surface area contributed by atoms with Crippen molar-refractivity contribution < 1.29 is 14.3 Å². The molecule has 0 aliphatic carbocycles. The first-order valence-corrected chi connectivity index (χ1v) is 9.60. The Kier molecular flexibility index (Phi) is 10.8. The van der Waals surface area contributed by atoms with Crippen LogP contribution >= 0.6 is 0 Å². The van der Waals surface area contributed by atoms with E-state index in [-0.39, 0.29) is 29.1 Å². The highest BCUT2D eigenvalue weighted by Gasteiger charge is 2.28. The smallest absolute Gasteiger partial charge is 0.223 e. The third-order valence-corrected chi connectivity index (χ3v) is 4.21. The second kappa shape index (κ2) is 11.1. The molecule has 0 spiro atoms. The Morgan fingerprint density at radius 2 is 1.75 bits per heavy atom. The number of rotatable bonds is 13. The van der Waals surface area contributed by atoms with E-state index in [9.17, 15) is 4.79 Å². The number of nitrogens with one attached hydrogen (secondary N) is 1. The zero-order chi connectivity index (χ0) is 18.8. The Hall–Kier alpha value is -0.610. The molecule has 0 aromatic heterocycles. The SMILES string of the molecule is CCCCC(CC)C(=O)NC(C)(C)COC(C)(C)CCOC(C)C. The van der Waals surface area contributed by atoms with Crippen LogP contribution in [0.4, 0.5) is 0 Å². The van der Waals surface area contributed by atoms with E-state index in [1.165, 1.54) is 0 Å². The van der Waals surface area contributed by atoms with Crippen LogP contribution in [0.5, 0.6) is 0 Å². The van der Waals surface area contributed by atoms with Gasteiger partial charge in [-0.05, 0) is 60.8 Å². The third-order valence-electron chi connectivity index (χ3n) is 4.21. The molecule has 1 amide bonds. The summed E-state index contributed by atoms with van der Waals surface area (Å²) in [4.78, 5) is 12.5. The molecule has 24 heavy (non-hydrogen) atoms. The predicted molar refractivity (Wildman–Crippen MR) is 101 cm³/mol. The Balaban J connectivity index is 4.38. The Morgan fingerprint density at radius 3 is 2.25 bits per heavy atom. The van der Waals surface area contributed by atoms with Gasteiger partial charge in [-0.25, -0.2) is 0 Å². The summed E-state index contributed by atoms with van der Waals surface area (Å²) in [7, 11) is 0. The molecule has 0 saturated carbocycles. The highest BCUT2D eigenvalue weighted by molar-refractivity contribution is 5.79. The molecule has 0 radical (unpaired) electrons. The largest absolute Gasteiger partial charge is 0.379 e. The van der Waals surface area contributed by atoms with E-state index in [1.807, 2.05) is 27.7 Å². The summed E-state index contributed by atoms with van der Waals surface area (Å²) in [5.74, 6) is 0.261. The lowest BCUT2D eigenvalue weighted by atomic mass is 9.96. The number of amides is 1. The van der Waals surface area contributed by atoms with E-state index in [2.05, 4.69) is 33.0 Å². The molecule has 0 heterocycles. The summed E-state index contributed by atoms with van der Waals surface area (Å²) in [6, 6.07) is 0. The minimum atomic E-state index is -0.368. The van der Waals surface area contributed by atoms with Gasteiger partial charge in [0.15, 0.2) is 0 Å². The summed E-state index contributed by atoms with van der Waals surface area (Å²) < 4.78 is 11.7. The van der Waals surface area contributed by atoms with Crippen LogP contribution in [0.15, 0.2) is 0 Å². The van der Waals surface area contributed by atoms with Crippen molar-refractivity contribution in [2.75, 3.05) is 13.2 Å². The van der Waals surface area contributed by atoms with E-state index in [1.54, 1.807) is 0 Å². The number of unbranched alkanes of at least 4 members (excludes halogenated alkanes) is 1. The molecule has 0 bridgehead atoms. The van der Waals surface area contributed by atoms with Crippen LogP contribution in [0.1, 0.15) is 87.5 Å². The van der Waals surface area contributed by atoms with Gasteiger partial charge in [-0.3, -0.25) is 4.79 Å². The molecule has 0 aliphatic heterocycles. The molecule has 0 aromatic rings. The van der Waals surface area contributed by atoms with Gasteiger partial charge in [0, 0.05) is 12.5 Å². The lowest BCUT2D eigenvalue weighted by Gasteiger charge is -2.33. The maximum atomic E-state index is 12.5. The highest BCUT2D eigenvalue weighted by atomic mass is 16.5. The summed E-state index contributed by atoms with van der Waals surface area (Å²) in [5, 5.41) is 3.17. The third kappa shape index (κ3) is 11.0. The first-order chi connectivity index (χ1) is 11.0. The maximum Gasteiger partial charge on any atom is 0.223 e.